The van der Waals surface area contributed by atoms with E-state index in [4.69, 9.17) is 10.5 Å². The maximum atomic E-state index is 6.29. The van der Waals surface area contributed by atoms with Gasteiger partial charge in [-0.3, -0.25) is 0 Å². The number of aryl methyl sites for hydroxylation is 1. The van der Waals surface area contributed by atoms with Gasteiger partial charge in [0.25, 0.3) is 0 Å². The highest BCUT2D eigenvalue weighted by molar-refractivity contribution is 5.39. The highest BCUT2D eigenvalue weighted by atomic mass is 16.5. The number of rotatable bonds is 2. The van der Waals surface area contributed by atoms with Gasteiger partial charge in [0.15, 0.2) is 0 Å². The van der Waals surface area contributed by atoms with Gasteiger partial charge < -0.3 is 10.5 Å². The summed E-state index contributed by atoms with van der Waals surface area (Å²) in [5.41, 5.74) is 8.94. The van der Waals surface area contributed by atoms with E-state index in [0.717, 1.165) is 25.2 Å². The Morgan fingerprint density at radius 1 is 1.25 bits per heavy atom. The third kappa shape index (κ3) is 1.71. The van der Waals surface area contributed by atoms with Crippen molar-refractivity contribution in [3.8, 4) is 5.75 Å². The molecule has 0 radical (unpaired) electrons. The predicted molar refractivity (Wildman–Crippen MR) is 64.5 cm³/mol. The van der Waals surface area contributed by atoms with Gasteiger partial charge in [0, 0.05) is 6.04 Å². The molecule has 1 aliphatic carbocycles. The average molecular weight is 217 g/mol. The lowest BCUT2D eigenvalue weighted by Gasteiger charge is -2.32. The second-order valence-corrected chi connectivity index (χ2v) is 5.04. The highest BCUT2D eigenvalue weighted by Gasteiger charge is 2.26. The number of nitrogens with two attached hydrogens (primary N) is 1. The summed E-state index contributed by atoms with van der Waals surface area (Å²) in [5, 5.41) is 0. The van der Waals surface area contributed by atoms with Crippen LogP contribution in [0.3, 0.4) is 0 Å². The molecular formula is C14H19NO. The van der Waals surface area contributed by atoms with Crippen molar-refractivity contribution in [3.63, 3.8) is 0 Å². The molecule has 1 aliphatic heterocycles. The summed E-state index contributed by atoms with van der Waals surface area (Å²) in [5.74, 6) is 1.78. The number of fused-ring (bicyclic) bond motifs is 1. The summed E-state index contributed by atoms with van der Waals surface area (Å²) in [6.07, 6.45) is 6.23. The van der Waals surface area contributed by atoms with E-state index in [1.807, 2.05) is 0 Å². The first-order valence-corrected chi connectivity index (χ1v) is 6.36. The van der Waals surface area contributed by atoms with Crippen LogP contribution in [-0.4, -0.2) is 6.61 Å². The SMILES string of the molecule is NC(c1ccc2c(c1)CCCO2)C1CCC1. The molecule has 1 aromatic rings. The third-order valence-corrected chi connectivity index (χ3v) is 3.98. The van der Waals surface area contributed by atoms with Crippen molar-refractivity contribution < 1.29 is 4.74 Å². The van der Waals surface area contributed by atoms with Gasteiger partial charge in [-0.1, -0.05) is 18.6 Å². The number of ether oxygens (including phenoxy) is 1. The fourth-order valence-electron chi connectivity index (χ4n) is 2.66. The summed E-state index contributed by atoms with van der Waals surface area (Å²) in [4.78, 5) is 0. The van der Waals surface area contributed by atoms with Gasteiger partial charge >= 0.3 is 0 Å². The van der Waals surface area contributed by atoms with E-state index >= 15 is 0 Å². The van der Waals surface area contributed by atoms with Crippen LogP contribution in [0, 0.1) is 5.92 Å². The summed E-state index contributed by atoms with van der Waals surface area (Å²) in [6.45, 7) is 0.862. The molecule has 86 valence electrons. The molecule has 2 nitrogen and oxygen atoms in total. The van der Waals surface area contributed by atoms with Crippen molar-refractivity contribution in [2.45, 2.75) is 38.1 Å². The molecule has 0 aromatic heterocycles. The molecule has 1 heterocycles. The van der Waals surface area contributed by atoms with Crippen LogP contribution in [0.5, 0.6) is 5.75 Å². The van der Waals surface area contributed by atoms with Crippen molar-refractivity contribution >= 4 is 0 Å². The van der Waals surface area contributed by atoms with Crippen molar-refractivity contribution in [2.75, 3.05) is 6.61 Å². The van der Waals surface area contributed by atoms with Gasteiger partial charge in [0.2, 0.25) is 0 Å². The van der Waals surface area contributed by atoms with E-state index in [9.17, 15) is 0 Å². The molecule has 2 heteroatoms. The largest absolute Gasteiger partial charge is 0.493 e. The van der Waals surface area contributed by atoms with E-state index in [0.29, 0.717) is 5.92 Å². The minimum absolute atomic E-state index is 0.237. The van der Waals surface area contributed by atoms with E-state index in [2.05, 4.69) is 18.2 Å². The number of benzene rings is 1. The molecule has 3 rings (SSSR count). The minimum atomic E-state index is 0.237. The van der Waals surface area contributed by atoms with Crippen molar-refractivity contribution in [2.24, 2.45) is 11.7 Å². The lowest BCUT2D eigenvalue weighted by atomic mass is 9.77. The Balaban J connectivity index is 1.84. The average Bonchev–Trinajstić information content (AvgIpc) is 2.26. The van der Waals surface area contributed by atoms with Gasteiger partial charge in [0.1, 0.15) is 5.75 Å². The quantitative estimate of drug-likeness (QED) is 0.826. The highest BCUT2D eigenvalue weighted by Crippen LogP contribution is 2.37. The normalized spacial score (nSPS) is 21.8. The molecule has 0 saturated heterocycles. The standard InChI is InChI=1S/C14H19NO/c15-14(10-3-1-4-10)12-6-7-13-11(9-12)5-2-8-16-13/h6-7,9-10,14H,1-5,8,15H2. The van der Waals surface area contributed by atoms with E-state index < -0.39 is 0 Å². The predicted octanol–water partition coefficient (Wildman–Crippen LogP) is 2.81. The Kier molecular flexibility index (Phi) is 2.60. The molecule has 1 aromatic carbocycles. The Morgan fingerprint density at radius 2 is 2.12 bits per heavy atom. The minimum Gasteiger partial charge on any atom is -0.493 e. The smallest absolute Gasteiger partial charge is 0.122 e. The van der Waals surface area contributed by atoms with E-state index in [1.54, 1.807) is 0 Å². The van der Waals surface area contributed by atoms with Crippen LogP contribution in [0.25, 0.3) is 0 Å². The first-order chi connectivity index (χ1) is 7.84. The fourth-order valence-corrected chi connectivity index (χ4v) is 2.66. The van der Waals surface area contributed by atoms with Crippen molar-refractivity contribution in [1.82, 2.24) is 0 Å². The zero-order valence-corrected chi connectivity index (χ0v) is 9.61. The van der Waals surface area contributed by atoms with Gasteiger partial charge in [-0.2, -0.15) is 0 Å². The van der Waals surface area contributed by atoms with Crippen LogP contribution >= 0.6 is 0 Å². The van der Waals surface area contributed by atoms with Crippen LogP contribution in [0.2, 0.25) is 0 Å². The second kappa shape index (κ2) is 4.10. The lowest BCUT2D eigenvalue weighted by molar-refractivity contribution is 0.263. The molecule has 2 N–H and O–H groups in total. The summed E-state index contributed by atoms with van der Waals surface area (Å²) in [7, 11) is 0. The molecule has 2 aliphatic rings. The van der Waals surface area contributed by atoms with Gasteiger partial charge in [-0.25, -0.2) is 0 Å². The maximum absolute atomic E-state index is 6.29. The first-order valence-electron chi connectivity index (χ1n) is 6.36. The molecule has 0 spiro atoms. The Labute approximate surface area is 96.8 Å². The first kappa shape index (κ1) is 10.2. The van der Waals surface area contributed by atoms with E-state index in [1.165, 1.54) is 30.4 Å². The molecule has 16 heavy (non-hydrogen) atoms. The number of hydrogen-bond acceptors (Lipinski definition) is 2. The monoisotopic (exact) mass is 217 g/mol. The van der Waals surface area contributed by atoms with Crippen LogP contribution in [0.4, 0.5) is 0 Å². The van der Waals surface area contributed by atoms with E-state index in [-0.39, 0.29) is 6.04 Å². The molecule has 1 fully saturated rings. The third-order valence-electron chi connectivity index (χ3n) is 3.98. The Hall–Kier alpha value is -1.02. The van der Waals surface area contributed by atoms with Crippen LogP contribution in [0.1, 0.15) is 42.9 Å². The van der Waals surface area contributed by atoms with Crippen molar-refractivity contribution in [3.05, 3.63) is 29.3 Å². The molecule has 1 atom stereocenters. The zero-order chi connectivity index (χ0) is 11.0. The Bertz CT molecular complexity index is 384. The van der Waals surface area contributed by atoms with Crippen molar-refractivity contribution in [1.29, 1.82) is 0 Å². The molecule has 1 unspecified atom stereocenters. The fraction of sp³-hybridized carbons (Fsp3) is 0.571. The van der Waals surface area contributed by atoms with Gasteiger partial charge in [-0.05, 0) is 48.8 Å². The van der Waals surface area contributed by atoms with Gasteiger partial charge in [0.05, 0.1) is 6.61 Å². The second-order valence-electron chi connectivity index (χ2n) is 5.04. The summed E-state index contributed by atoms with van der Waals surface area (Å²) in [6, 6.07) is 6.74. The summed E-state index contributed by atoms with van der Waals surface area (Å²) >= 11 is 0. The van der Waals surface area contributed by atoms with Crippen LogP contribution in [-0.2, 0) is 6.42 Å². The summed E-state index contributed by atoms with van der Waals surface area (Å²) < 4.78 is 5.62. The molecule has 0 bridgehead atoms. The van der Waals surface area contributed by atoms with Gasteiger partial charge in [-0.15, -0.1) is 0 Å². The van der Waals surface area contributed by atoms with Crippen LogP contribution < -0.4 is 10.5 Å². The topological polar surface area (TPSA) is 35.2 Å². The number of hydrogen-bond donors (Lipinski definition) is 1. The molecular weight excluding hydrogens is 198 g/mol. The van der Waals surface area contributed by atoms with Crippen LogP contribution in [0.15, 0.2) is 18.2 Å². The molecule has 0 amide bonds. The lowest BCUT2D eigenvalue weighted by Crippen LogP contribution is -2.27. The zero-order valence-electron chi connectivity index (χ0n) is 9.61. The maximum Gasteiger partial charge on any atom is 0.122 e. The molecule has 1 saturated carbocycles. The Morgan fingerprint density at radius 3 is 2.88 bits per heavy atom.